The van der Waals surface area contributed by atoms with Crippen LogP contribution in [0.1, 0.15) is 58.1 Å². The second kappa shape index (κ2) is 7.28. The summed E-state index contributed by atoms with van der Waals surface area (Å²) in [5, 5.41) is 11.1. The highest BCUT2D eigenvalue weighted by Crippen LogP contribution is 2.39. The molecule has 1 aliphatic heterocycles. The topological polar surface area (TPSA) is 32.7 Å². The van der Waals surface area contributed by atoms with Crippen molar-refractivity contribution in [2.24, 2.45) is 0 Å². The Bertz CT molecular complexity index is 443. The largest absolute Gasteiger partial charge is 0.493 e. The van der Waals surface area contributed by atoms with Gasteiger partial charge in [-0.15, -0.1) is 0 Å². The number of aliphatic hydroxyl groups is 1. The summed E-state index contributed by atoms with van der Waals surface area (Å²) in [6.45, 7) is 9.12. The first-order chi connectivity index (χ1) is 10.1. The predicted molar refractivity (Wildman–Crippen MR) is 86.7 cm³/mol. The van der Waals surface area contributed by atoms with Crippen LogP contribution in [0.4, 0.5) is 0 Å². The Morgan fingerprint density at radius 2 is 1.86 bits per heavy atom. The smallest absolute Gasteiger partial charge is 0.125 e. The Kier molecular flexibility index (Phi) is 5.65. The molecule has 118 valence electrons. The maximum absolute atomic E-state index is 11.1. The zero-order valence-electron chi connectivity index (χ0n) is 13.6. The SMILES string of the molecule is CCOc1ccccc1C(O)C(C)(CC)N1CCCCC1. The van der Waals surface area contributed by atoms with E-state index in [1.807, 2.05) is 31.2 Å². The fourth-order valence-corrected chi connectivity index (χ4v) is 3.32. The van der Waals surface area contributed by atoms with Crippen molar-refractivity contribution in [1.82, 2.24) is 4.90 Å². The van der Waals surface area contributed by atoms with Crippen molar-refractivity contribution in [1.29, 1.82) is 0 Å². The molecule has 2 unspecified atom stereocenters. The summed E-state index contributed by atoms with van der Waals surface area (Å²) in [7, 11) is 0. The molecule has 21 heavy (non-hydrogen) atoms. The summed E-state index contributed by atoms with van der Waals surface area (Å²) in [5.74, 6) is 0.809. The van der Waals surface area contributed by atoms with Crippen LogP contribution in [0, 0.1) is 0 Å². The third-order valence-electron chi connectivity index (χ3n) is 4.90. The van der Waals surface area contributed by atoms with E-state index in [0.29, 0.717) is 6.61 Å². The molecule has 0 amide bonds. The minimum absolute atomic E-state index is 0.229. The van der Waals surface area contributed by atoms with E-state index in [1.54, 1.807) is 0 Å². The molecule has 0 spiro atoms. The first-order valence-electron chi connectivity index (χ1n) is 8.28. The van der Waals surface area contributed by atoms with Crippen LogP contribution in [0.15, 0.2) is 24.3 Å². The molecule has 3 heteroatoms. The van der Waals surface area contributed by atoms with Crippen molar-refractivity contribution in [2.75, 3.05) is 19.7 Å². The summed E-state index contributed by atoms with van der Waals surface area (Å²) >= 11 is 0. The van der Waals surface area contributed by atoms with Crippen molar-refractivity contribution < 1.29 is 9.84 Å². The number of hydrogen-bond donors (Lipinski definition) is 1. The zero-order valence-corrected chi connectivity index (χ0v) is 13.6. The Morgan fingerprint density at radius 3 is 2.48 bits per heavy atom. The molecule has 3 nitrogen and oxygen atoms in total. The highest BCUT2D eigenvalue weighted by molar-refractivity contribution is 5.37. The number of ether oxygens (including phenoxy) is 1. The van der Waals surface area contributed by atoms with Crippen molar-refractivity contribution in [3.8, 4) is 5.75 Å². The molecule has 1 saturated heterocycles. The lowest BCUT2D eigenvalue weighted by Crippen LogP contribution is -2.52. The summed E-state index contributed by atoms with van der Waals surface area (Å²) < 4.78 is 5.71. The first kappa shape index (κ1) is 16.3. The van der Waals surface area contributed by atoms with E-state index < -0.39 is 6.10 Å². The minimum atomic E-state index is -0.525. The molecule has 1 aromatic carbocycles. The third-order valence-corrected chi connectivity index (χ3v) is 4.90. The maximum Gasteiger partial charge on any atom is 0.125 e. The van der Waals surface area contributed by atoms with Crippen LogP contribution in [-0.4, -0.2) is 35.2 Å². The van der Waals surface area contributed by atoms with Gasteiger partial charge in [0.2, 0.25) is 0 Å². The fourth-order valence-electron chi connectivity index (χ4n) is 3.32. The van der Waals surface area contributed by atoms with Gasteiger partial charge in [0.1, 0.15) is 11.9 Å². The highest BCUT2D eigenvalue weighted by Gasteiger charge is 2.39. The Morgan fingerprint density at radius 1 is 1.19 bits per heavy atom. The van der Waals surface area contributed by atoms with Gasteiger partial charge < -0.3 is 9.84 Å². The van der Waals surface area contributed by atoms with E-state index in [0.717, 1.165) is 30.8 Å². The van der Waals surface area contributed by atoms with E-state index in [-0.39, 0.29) is 5.54 Å². The second-order valence-corrected chi connectivity index (χ2v) is 6.13. The van der Waals surface area contributed by atoms with E-state index in [4.69, 9.17) is 4.74 Å². The molecule has 1 heterocycles. The monoisotopic (exact) mass is 291 g/mol. The van der Waals surface area contributed by atoms with E-state index in [2.05, 4.69) is 18.7 Å². The summed E-state index contributed by atoms with van der Waals surface area (Å²) in [5.41, 5.74) is 0.683. The standard InChI is InChI=1S/C18H29NO2/c1-4-18(3,19-13-9-6-10-14-19)17(20)15-11-7-8-12-16(15)21-5-2/h7-8,11-12,17,20H,4-6,9-10,13-14H2,1-3H3. The Balaban J connectivity index is 2.28. The third kappa shape index (κ3) is 3.41. The average molecular weight is 291 g/mol. The summed E-state index contributed by atoms with van der Waals surface area (Å²) in [6.07, 6.45) is 4.17. The van der Waals surface area contributed by atoms with Crippen LogP contribution in [0.3, 0.4) is 0 Å². The first-order valence-corrected chi connectivity index (χ1v) is 8.28. The lowest BCUT2D eigenvalue weighted by atomic mass is 9.83. The van der Waals surface area contributed by atoms with Crippen LogP contribution in [0.25, 0.3) is 0 Å². The molecule has 0 radical (unpaired) electrons. The van der Waals surface area contributed by atoms with Crippen molar-refractivity contribution >= 4 is 0 Å². The molecule has 2 rings (SSSR count). The van der Waals surface area contributed by atoms with Gasteiger partial charge in [-0.2, -0.15) is 0 Å². The van der Waals surface area contributed by atoms with Gasteiger partial charge in [0.05, 0.1) is 6.61 Å². The lowest BCUT2D eigenvalue weighted by molar-refractivity contribution is -0.0362. The normalized spacial score (nSPS) is 20.8. The lowest BCUT2D eigenvalue weighted by Gasteiger charge is -2.46. The van der Waals surface area contributed by atoms with Crippen molar-refractivity contribution in [3.63, 3.8) is 0 Å². The summed E-state index contributed by atoms with van der Waals surface area (Å²) in [4.78, 5) is 2.46. The molecule has 0 saturated carbocycles. The number of likely N-dealkylation sites (tertiary alicyclic amines) is 1. The van der Waals surface area contributed by atoms with Crippen LogP contribution in [0.5, 0.6) is 5.75 Å². The number of hydrogen-bond acceptors (Lipinski definition) is 3. The van der Waals surface area contributed by atoms with Crippen molar-refractivity contribution in [2.45, 2.75) is 58.1 Å². The van der Waals surface area contributed by atoms with Crippen LogP contribution in [0.2, 0.25) is 0 Å². The van der Waals surface area contributed by atoms with Gasteiger partial charge in [-0.3, -0.25) is 4.90 Å². The molecule has 2 atom stereocenters. The zero-order chi connectivity index (χ0) is 15.3. The molecular weight excluding hydrogens is 262 g/mol. The molecule has 1 fully saturated rings. The number of piperidine rings is 1. The van der Waals surface area contributed by atoms with Gasteiger partial charge in [-0.25, -0.2) is 0 Å². The van der Waals surface area contributed by atoms with Gasteiger partial charge in [-0.05, 0) is 52.3 Å². The van der Waals surface area contributed by atoms with E-state index in [9.17, 15) is 5.11 Å². The second-order valence-electron chi connectivity index (χ2n) is 6.13. The molecule has 1 N–H and O–H groups in total. The quantitative estimate of drug-likeness (QED) is 0.866. The van der Waals surface area contributed by atoms with E-state index >= 15 is 0 Å². The molecule has 1 aliphatic rings. The Hall–Kier alpha value is -1.06. The van der Waals surface area contributed by atoms with Crippen LogP contribution >= 0.6 is 0 Å². The maximum atomic E-state index is 11.1. The van der Waals surface area contributed by atoms with Gasteiger partial charge >= 0.3 is 0 Å². The number of rotatable bonds is 6. The molecule has 0 aliphatic carbocycles. The fraction of sp³-hybridized carbons (Fsp3) is 0.667. The van der Waals surface area contributed by atoms with Gasteiger partial charge in [-0.1, -0.05) is 31.5 Å². The number of nitrogens with zero attached hydrogens (tertiary/aromatic N) is 1. The number of benzene rings is 1. The Labute approximate surface area is 128 Å². The van der Waals surface area contributed by atoms with Gasteiger partial charge in [0.15, 0.2) is 0 Å². The van der Waals surface area contributed by atoms with E-state index in [1.165, 1.54) is 19.3 Å². The summed E-state index contributed by atoms with van der Waals surface area (Å²) in [6, 6.07) is 7.89. The molecule has 0 aromatic heterocycles. The van der Waals surface area contributed by atoms with Crippen LogP contribution in [-0.2, 0) is 0 Å². The van der Waals surface area contributed by atoms with Crippen LogP contribution < -0.4 is 4.74 Å². The van der Waals surface area contributed by atoms with Gasteiger partial charge in [0.25, 0.3) is 0 Å². The average Bonchev–Trinajstić information content (AvgIpc) is 2.55. The molecular formula is C18H29NO2. The van der Waals surface area contributed by atoms with Crippen molar-refractivity contribution in [3.05, 3.63) is 29.8 Å². The number of para-hydroxylation sites is 1. The molecule has 1 aromatic rings. The predicted octanol–water partition coefficient (Wildman–Crippen LogP) is 3.77. The highest BCUT2D eigenvalue weighted by atomic mass is 16.5. The van der Waals surface area contributed by atoms with Gasteiger partial charge in [0, 0.05) is 11.1 Å². The molecule has 0 bridgehead atoms. The number of aliphatic hydroxyl groups excluding tert-OH is 1. The minimum Gasteiger partial charge on any atom is -0.493 e.